The van der Waals surface area contributed by atoms with Gasteiger partial charge in [0.15, 0.2) is 0 Å². The van der Waals surface area contributed by atoms with Gasteiger partial charge in [0.2, 0.25) is 0 Å². The van der Waals surface area contributed by atoms with Gasteiger partial charge in [0.1, 0.15) is 0 Å². The summed E-state index contributed by atoms with van der Waals surface area (Å²) in [7, 11) is 0. The van der Waals surface area contributed by atoms with Crippen LogP contribution in [-0.2, 0) is 9.53 Å². The van der Waals surface area contributed by atoms with Gasteiger partial charge in [-0.25, -0.2) is 9.89 Å². The molecule has 0 radical (unpaired) electrons. The van der Waals surface area contributed by atoms with Crippen LogP contribution in [0.5, 0.6) is 0 Å². The van der Waals surface area contributed by atoms with Crippen molar-refractivity contribution >= 4 is 11.9 Å². The number of amides is 1. The predicted molar refractivity (Wildman–Crippen MR) is 59.9 cm³/mol. The summed E-state index contributed by atoms with van der Waals surface area (Å²) in [5.74, 6) is -2.34. The Hall–Kier alpha value is -2.12. The SMILES string of the molecule is CCOC(=O)[C@H](C)CCNC(=O)c1n[nH]c(=O)o1. The molecule has 1 aromatic heterocycles. The van der Waals surface area contributed by atoms with E-state index in [2.05, 4.69) is 14.8 Å². The molecule has 1 atom stereocenters. The van der Waals surface area contributed by atoms with Gasteiger partial charge >= 0.3 is 23.5 Å². The lowest BCUT2D eigenvalue weighted by Gasteiger charge is -2.10. The molecule has 100 valence electrons. The molecule has 0 aliphatic heterocycles. The second kappa shape index (κ2) is 6.58. The normalized spacial score (nSPS) is 11.9. The Labute approximate surface area is 103 Å². The first kappa shape index (κ1) is 13.9. The second-order valence-corrected chi connectivity index (χ2v) is 3.62. The van der Waals surface area contributed by atoms with Gasteiger partial charge in [-0.1, -0.05) is 6.92 Å². The fourth-order valence-corrected chi connectivity index (χ4v) is 1.21. The third kappa shape index (κ3) is 4.04. The van der Waals surface area contributed by atoms with Gasteiger partial charge in [-0.3, -0.25) is 9.59 Å². The minimum absolute atomic E-state index is 0.259. The van der Waals surface area contributed by atoms with E-state index in [9.17, 15) is 14.4 Å². The predicted octanol–water partition coefficient (Wildman–Crippen LogP) is -0.318. The molecule has 2 N–H and O–H groups in total. The maximum Gasteiger partial charge on any atom is 0.434 e. The third-order valence-corrected chi connectivity index (χ3v) is 2.18. The first-order valence-corrected chi connectivity index (χ1v) is 5.55. The fourth-order valence-electron chi connectivity index (χ4n) is 1.21. The Morgan fingerprint density at radius 1 is 1.56 bits per heavy atom. The standard InChI is InChI=1S/C10H15N3O5/c1-3-17-9(15)6(2)4-5-11-7(14)8-12-13-10(16)18-8/h6H,3-5H2,1-2H3,(H,11,14)(H,13,16)/t6-/m1/s1. The van der Waals surface area contributed by atoms with Crippen LogP contribution in [0.25, 0.3) is 0 Å². The highest BCUT2D eigenvalue weighted by atomic mass is 16.5. The van der Waals surface area contributed by atoms with Crippen LogP contribution in [-0.4, -0.2) is 35.2 Å². The number of aromatic nitrogens is 2. The zero-order valence-corrected chi connectivity index (χ0v) is 10.2. The number of hydrogen-bond donors (Lipinski definition) is 2. The molecule has 1 aromatic rings. The molecule has 0 saturated heterocycles. The summed E-state index contributed by atoms with van der Waals surface area (Å²) in [6.07, 6.45) is 0.430. The van der Waals surface area contributed by atoms with Crippen molar-refractivity contribution in [2.45, 2.75) is 20.3 Å². The van der Waals surface area contributed by atoms with Crippen LogP contribution in [0.15, 0.2) is 9.21 Å². The Morgan fingerprint density at radius 3 is 2.83 bits per heavy atom. The minimum atomic E-state index is -0.792. The zero-order chi connectivity index (χ0) is 13.5. The van der Waals surface area contributed by atoms with Crippen molar-refractivity contribution in [2.75, 3.05) is 13.2 Å². The van der Waals surface area contributed by atoms with Crippen molar-refractivity contribution in [3.8, 4) is 0 Å². The lowest BCUT2D eigenvalue weighted by atomic mass is 10.1. The van der Waals surface area contributed by atoms with Gasteiger partial charge in [-0.15, -0.1) is 5.10 Å². The van der Waals surface area contributed by atoms with Crippen LogP contribution in [0.2, 0.25) is 0 Å². The summed E-state index contributed by atoms with van der Waals surface area (Å²) < 4.78 is 9.28. The Morgan fingerprint density at radius 2 is 2.28 bits per heavy atom. The van der Waals surface area contributed by atoms with Gasteiger partial charge in [-0.2, -0.15) is 0 Å². The number of rotatable bonds is 6. The first-order chi connectivity index (χ1) is 8.54. The number of ether oxygens (including phenoxy) is 1. The van der Waals surface area contributed by atoms with Crippen LogP contribution in [0, 0.1) is 5.92 Å². The van der Waals surface area contributed by atoms with E-state index in [4.69, 9.17) is 4.74 Å². The van der Waals surface area contributed by atoms with E-state index in [0.29, 0.717) is 13.0 Å². The highest BCUT2D eigenvalue weighted by molar-refractivity contribution is 5.89. The van der Waals surface area contributed by atoms with Gasteiger partial charge in [0, 0.05) is 6.54 Å². The molecule has 1 amide bonds. The Balaban J connectivity index is 2.31. The number of H-pyrrole nitrogens is 1. The van der Waals surface area contributed by atoms with Crippen molar-refractivity contribution in [2.24, 2.45) is 5.92 Å². The maximum atomic E-state index is 11.4. The molecule has 0 bridgehead atoms. The number of aromatic amines is 1. The van der Waals surface area contributed by atoms with E-state index < -0.39 is 11.7 Å². The maximum absolute atomic E-state index is 11.4. The van der Waals surface area contributed by atoms with Crippen LogP contribution < -0.4 is 11.1 Å². The monoisotopic (exact) mass is 257 g/mol. The van der Waals surface area contributed by atoms with Gasteiger partial charge < -0.3 is 14.5 Å². The fraction of sp³-hybridized carbons (Fsp3) is 0.600. The van der Waals surface area contributed by atoms with E-state index >= 15 is 0 Å². The summed E-state index contributed by atoms with van der Waals surface area (Å²) in [4.78, 5) is 33.3. The molecular formula is C10H15N3O5. The average molecular weight is 257 g/mol. The molecule has 0 aliphatic carbocycles. The van der Waals surface area contributed by atoms with Crippen molar-refractivity contribution in [1.29, 1.82) is 0 Å². The van der Waals surface area contributed by atoms with Crippen molar-refractivity contribution < 1.29 is 18.7 Å². The number of nitrogens with zero attached hydrogens (tertiary/aromatic N) is 1. The number of carbonyl (C=O) groups is 2. The molecular weight excluding hydrogens is 242 g/mol. The van der Waals surface area contributed by atoms with Gasteiger partial charge in [0.05, 0.1) is 12.5 Å². The molecule has 18 heavy (non-hydrogen) atoms. The lowest BCUT2D eigenvalue weighted by Crippen LogP contribution is -2.28. The zero-order valence-electron chi connectivity index (χ0n) is 10.2. The van der Waals surface area contributed by atoms with Gasteiger partial charge in [-0.05, 0) is 13.3 Å². The molecule has 0 aromatic carbocycles. The Bertz CT molecular complexity index is 464. The second-order valence-electron chi connectivity index (χ2n) is 3.62. The number of nitrogens with one attached hydrogen (secondary N) is 2. The van der Waals surface area contributed by atoms with E-state index in [1.807, 2.05) is 5.10 Å². The molecule has 8 nitrogen and oxygen atoms in total. The van der Waals surface area contributed by atoms with Crippen LogP contribution >= 0.6 is 0 Å². The molecule has 0 fully saturated rings. The molecule has 0 saturated carbocycles. The molecule has 0 unspecified atom stereocenters. The summed E-state index contributed by atoms with van der Waals surface area (Å²) in [6.45, 7) is 4.02. The smallest absolute Gasteiger partial charge is 0.434 e. The lowest BCUT2D eigenvalue weighted by molar-refractivity contribution is -0.147. The van der Waals surface area contributed by atoms with E-state index in [1.54, 1.807) is 13.8 Å². The van der Waals surface area contributed by atoms with E-state index in [1.165, 1.54) is 0 Å². The summed E-state index contributed by atoms with van der Waals surface area (Å²) >= 11 is 0. The third-order valence-electron chi connectivity index (χ3n) is 2.18. The summed E-state index contributed by atoms with van der Waals surface area (Å²) in [5, 5.41) is 7.82. The van der Waals surface area contributed by atoms with Crippen molar-refractivity contribution in [1.82, 2.24) is 15.5 Å². The molecule has 1 rings (SSSR count). The molecule has 0 spiro atoms. The van der Waals surface area contributed by atoms with E-state index in [-0.39, 0.29) is 24.3 Å². The number of esters is 1. The quantitative estimate of drug-likeness (QED) is 0.675. The van der Waals surface area contributed by atoms with Crippen LogP contribution in [0.1, 0.15) is 31.0 Å². The first-order valence-electron chi connectivity index (χ1n) is 5.55. The van der Waals surface area contributed by atoms with Crippen LogP contribution in [0.4, 0.5) is 0 Å². The molecule has 1 heterocycles. The molecule has 0 aliphatic rings. The van der Waals surface area contributed by atoms with Crippen molar-refractivity contribution in [3.63, 3.8) is 0 Å². The highest BCUT2D eigenvalue weighted by Gasteiger charge is 2.16. The summed E-state index contributed by atoms with van der Waals surface area (Å²) in [6, 6.07) is 0. The highest BCUT2D eigenvalue weighted by Crippen LogP contribution is 2.03. The largest absolute Gasteiger partial charge is 0.466 e. The Kier molecular flexibility index (Phi) is 5.09. The minimum Gasteiger partial charge on any atom is -0.466 e. The van der Waals surface area contributed by atoms with Crippen LogP contribution in [0.3, 0.4) is 0 Å². The van der Waals surface area contributed by atoms with E-state index in [0.717, 1.165) is 0 Å². The summed E-state index contributed by atoms with van der Waals surface area (Å²) in [5.41, 5.74) is 0. The topological polar surface area (TPSA) is 114 Å². The van der Waals surface area contributed by atoms with Gasteiger partial charge in [0.25, 0.3) is 0 Å². The number of carbonyl (C=O) groups excluding carboxylic acids is 2. The average Bonchev–Trinajstić information content (AvgIpc) is 2.76. The number of hydrogen-bond acceptors (Lipinski definition) is 6. The van der Waals surface area contributed by atoms with Crippen molar-refractivity contribution in [3.05, 3.63) is 16.4 Å². The molecule has 8 heteroatoms.